The van der Waals surface area contributed by atoms with Gasteiger partial charge in [-0.15, -0.1) is 0 Å². The van der Waals surface area contributed by atoms with E-state index in [0.29, 0.717) is 25.1 Å². The molecule has 2 N–H and O–H groups in total. The number of primary amides is 1. The van der Waals surface area contributed by atoms with Crippen molar-refractivity contribution >= 4 is 44.4 Å². The highest BCUT2D eigenvalue weighted by molar-refractivity contribution is 9.10. The van der Waals surface area contributed by atoms with Gasteiger partial charge in [-0.05, 0) is 38.0 Å². The molecular weight excluding hydrogens is 386 g/mol. The van der Waals surface area contributed by atoms with Crippen LogP contribution in [0.2, 0.25) is 0 Å². The van der Waals surface area contributed by atoms with E-state index in [0.717, 1.165) is 26.6 Å². The van der Waals surface area contributed by atoms with Gasteiger partial charge in [0, 0.05) is 29.1 Å². The first-order valence-electron chi connectivity index (χ1n) is 8.22. The number of aromatic nitrogens is 1. The molecular formula is C18H20BrN3O3. The lowest BCUT2D eigenvalue weighted by Gasteiger charge is -2.23. The second kappa shape index (κ2) is 7.00. The van der Waals surface area contributed by atoms with Gasteiger partial charge >= 0.3 is 5.97 Å². The van der Waals surface area contributed by atoms with Crippen LogP contribution in [0.1, 0.15) is 29.3 Å². The van der Waals surface area contributed by atoms with Crippen molar-refractivity contribution in [3.05, 3.63) is 33.9 Å². The van der Waals surface area contributed by atoms with E-state index in [2.05, 4.69) is 20.9 Å². The molecule has 1 unspecified atom stereocenters. The van der Waals surface area contributed by atoms with Crippen LogP contribution in [-0.2, 0) is 9.53 Å². The molecule has 1 aromatic carbocycles. The van der Waals surface area contributed by atoms with Gasteiger partial charge < -0.3 is 15.4 Å². The lowest BCUT2D eigenvalue weighted by Crippen LogP contribution is -2.28. The number of nitrogens with zero attached hydrogens (tertiary/aromatic N) is 2. The third-order valence-corrected chi connectivity index (χ3v) is 4.96. The zero-order valence-electron chi connectivity index (χ0n) is 14.2. The van der Waals surface area contributed by atoms with Crippen molar-refractivity contribution in [3.63, 3.8) is 0 Å². The van der Waals surface area contributed by atoms with E-state index in [4.69, 9.17) is 10.5 Å². The van der Waals surface area contributed by atoms with E-state index in [1.54, 1.807) is 13.1 Å². The van der Waals surface area contributed by atoms with Gasteiger partial charge in [0.05, 0.1) is 23.7 Å². The van der Waals surface area contributed by atoms with Crippen molar-refractivity contribution < 1.29 is 14.3 Å². The number of carbonyl (C=O) groups excluding carboxylic acids is 2. The fraction of sp³-hybridized carbons (Fsp3) is 0.389. The number of halogens is 1. The molecule has 0 bridgehead atoms. The van der Waals surface area contributed by atoms with E-state index in [1.807, 2.05) is 24.0 Å². The summed E-state index contributed by atoms with van der Waals surface area (Å²) in [7, 11) is 0. The fourth-order valence-electron chi connectivity index (χ4n) is 3.32. The third kappa shape index (κ3) is 3.33. The summed E-state index contributed by atoms with van der Waals surface area (Å²) in [6, 6.07) is 3.93. The zero-order valence-corrected chi connectivity index (χ0v) is 15.8. The number of amides is 1. The molecule has 2 aromatic rings. The summed E-state index contributed by atoms with van der Waals surface area (Å²) in [4.78, 5) is 30.5. The molecule has 1 aliphatic rings. The maximum Gasteiger partial charge on any atom is 0.341 e. The number of ether oxygens (including phenoxy) is 1. The predicted octanol–water partition coefficient (Wildman–Crippen LogP) is 2.79. The lowest BCUT2D eigenvalue weighted by molar-refractivity contribution is -0.121. The average Bonchev–Trinajstić information content (AvgIpc) is 3.03. The maximum absolute atomic E-state index is 12.5. The Morgan fingerprint density at radius 2 is 2.20 bits per heavy atom. The van der Waals surface area contributed by atoms with Gasteiger partial charge in [-0.3, -0.25) is 9.78 Å². The number of aryl methyl sites for hydroxylation is 1. The van der Waals surface area contributed by atoms with Gasteiger partial charge in [0.1, 0.15) is 5.56 Å². The first kappa shape index (κ1) is 17.7. The summed E-state index contributed by atoms with van der Waals surface area (Å²) >= 11 is 3.52. The minimum atomic E-state index is -0.410. The minimum absolute atomic E-state index is 0.216. The van der Waals surface area contributed by atoms with E-state index >= 15 is 0 Å². The zero-order chi connectivity index (χ0) is 18.1. The molecule has 1 aromatic heterocycles. The normalized spacial score (nSPS) is 17.1. The summed E-state index contributed by atoms with van der Waals surface area (Å²) in [5.74, 6) is -0.936. The van der Waals surface area contributed by atoms with Gasteiger partial charge in [-0.1, -0.05) is 15.9 Å². The van der Waals surface area contributed by atoms with Gasteiger partial charge in [0.2, 0.25) is 5.91 Å². The fourth-order valence-corrected chi connectivity index (χ4v) is 3.89. The summed E-state index contributed by atoms with van der Waals surface area (Å²) in [5, 5.41) is 0.863. The molecule has 7 heteroatoms. The number of benzene rings is 1. The molecule has 0 radical (unpaired) electrons. The van der Waals surface area contributed by atoms with Crippen LogP contribution < -0.4 is 10.6 Å². The number of fused-ring (bicyclic) bond motifs is 1. The van der Waals surface area contributed by atoms with Crippen LogP contribution in [0.3, 0.4) is 0 Å². The van der Waals surface area contributed by atoms with Gasteiger partial charge in [-0.2, -0.15) is 0 Å². The smallest absolute Gasteiger partial charge is 0.341 e. The Bertz CT molecular complexity index is 853. The van der Waals surface area contributed by atoms with Crippen LogP contribution in [0.15, 0.2) is 22.8 Å². The Labute approximate surface area is 154 Å². The van der Waals surface area contributed by atoms with Crippen LogP contribution >= 0.6 is 15.9 Å². The highest BCUT2D eigenvalue weighted by Gasteiger charge is 2.31. The molecule has 1 amide bonds. The average molecular weight is 406 g/mol. The number of hydrogen-bond donors (Lipinski definition) is 1. The van der Waals surface area contributed by atoms with E-state index in [1.165, 1.54) is 0 Å². The van der Waals surface area contributed by atoms with Gasteiger partial charge in [0.25, 0.3) is 0 Å². The van der Waals surface area contributed by atoms with Crippen molar-refractivity contribution in [2.75, 3.05) is 24.6 Å². The van der Waals surface area contributed by atoms with Crippen LogP contribution in [0.4, 0.5) is 5.69 Å². The number of nitrogens with two attached hydrogens (primary N) is 1. The molecule has 1 aliphatic heterocycles. The second-order valence-electron chi connectivity index (χ2n) is 6.19. The molecule has 1 saturated heterocycles. The van der Waals surface area contributed by atoms with Crippen LogP contribution in [0.5, 0.6) is 0 Å². The summed E-state index contributed by atoms with van der Waals surface area (Å²) in [6.45, 7) is 5.19. The highest BCUT2D eigenvalue weighted by atomic mass is 79.9. The quantitative estimate of drug-likeness (QED) is 0.790. The standard InChI is InChI=1S/C18H20BrN3O3/c1-3-25-18(24)14-8-21-15-10(2)6-12(19)7-13(15)16(14)22-5-4-11(9-22)17(20)23/h6-8,11H,3-5,9H2,1-2H3,(H2,20,23). The topological polar surface area (TPSA) is 85.5 Å². The number of esters is 1. The molecule has 0 spiro atoms. The molecule has 0 aliphatic carbocycles. The van der Waals surface area contributed by atoms with Crippen molar-refractivity contribution in [3.8, 4) is 0 Å². The Balaban J connectivity index is 2.19. The Hall–Kier alpha value is -2.15. The van der Waals surface area contributed by atoms with E-state index < -0.39 is 5.97 Å². The summed E-state index contributed by atoms with van der Waals surface area (Å²) < 4.78 is 6.11. The van der Waals surface area contributed by atoms with Gasteiger partial charge in [-0.25, -0.2) is 4.79 Å². The molecule has 2 heterocycles. The van der Waals surface area contributed by atoms with E-state index in [-0.39, 0.29) is 18.4 Å². The van der Waals surface area contributed by atoms with Crippen molar-refractivity contribution in [1.82, 2.24) is 4.98 Å². The lowest BCUT2D eigenvalue weighted by atomic mass is 10.0. The molecule has 132 valence electrons. The minimum Gasteiger partial charge on any atom is -0.462 e. The van der Waals surface area contributed by atoms with E-state index in [9.17, 15) is 9.59 Å². The molecule has 3 rings (SSSR count). The molecule has 25 heavy (non-hydrogen) atoms. The number of pyridine rings is 1. The number of carbonyl (C=O) groups is 2. The molecule has 0 saturated carbocycles. The number of rotatable bonds is 4. The summed E-state index contributed by atoms with van der Waals surface area (Å²) in [6.07, 6.45) is 2.24. The van der Waals surface area contributed by atoms with Crippen molar-refractivity contribution in [2.45, 2.75) is 20.3 Å². The van der Waals surface area contributed by atoms with Crippen LogP contribution in [-0.4, -0.2) is 36.6 Å². The Morgan fingerprint density at radius 3 is 2.84 bits per heavy atom. The Morgan fingerprint density at radius 1 is 1.44 bits per heavy atom. The largest absolute Gasteiger partial charge is 0.462 e. The second-order valence-corrected chi connectivity index (χ2v) is 7.11. The molecule has 1 atom stereocenters. The molecule has 1 fully saturated rings. The number of hydrogen-bond acceptors (Lipinski definition) is 5. The maximum atomic E-state index is 12.5. The van der Waals surface area contributed by atoms with Gasteiger partial charge in [0.15, 0.2) is 0 Å². The first-order valence-corrected chi connectivity index (χ1v) is 9.02. The highest BCUT2D eigenvalue weighted by Crippen LogP contribution is 2.36. The number of anilines is 1. The predicted molar refractivity (Wildman–Crippen MR) is 99.7 cm³/mol. The van der Waals surface area contributed by atoms with Crippen molar-refractivity contribution in [1.29, 1.82) is 0 Å². The SMILES string of the molecule is CCOC(=O)c1cnc2c(C)cc(Br)cc2c1N1CCC(C(N)=O)C1. The monoisotopic (exact) mass is 405 g/mol. The van der Waals surface area contributed by atoms with Crippen LogP contribution in [0, 0.1) is 12.8 Å². The molecule has 6 nitrogen and oxygen atoms in total. The third-order valence-electron chi connectivity index (χ3n) is 4.50. The Kier molecular flexibility index (Phi) is 4.94. The van der Waals surface area contributed by atoms with Crippen LogP contribution in [0.25, 0.3) is 10.9 Å². The van der Waals surface area contributed by atoms with Crippen molar-refractivity contribution in [2.24, 2.45) is 11.7 Å². The first-order chi connectivity index (χ1) is 11.9. The summed E-state index contributed by atoms with van der Waals surface area (Å²) in [5.41, 5.74) is 8.48.